The van der Waals surface area contributed by atoms with E-state index in [1.54, 1.807) is 41.2 Å². The third-order valence-electron chi connectivity index (χ3n) is 9.21. The van der Waals surface area contributed by atoms with Gasteiger partial charge in [0.25, 0.3) is 5.91 Å². The number of carbonyl (C=O) groups is 3. The van der Waals surface area contributed by atoms with Gasteiger partial charge >= 0.3 is 0 Å². The second-order valence-electron chi connectivity index (χ2n) is 12.2. The standard InChI is InChI=1S/C34H35N5O4S/c1-21(25-15-23-18-35-14-11-24(23)38-25)37-33(42)26-17-34(12-5-2-6-13-34)20-39(26)31(40)19-36-32(41)22-9-10-30-28(16-22)43-27-7-3-4-8-29(27)44-30/h3-4,7-11,14-16,18,21,26,38H,2,5-6,12-13,17,19-20H2,1H3,(H,36,41)(H,37,42)/t21-,26?/m1/s1. The molecule has 1 saturated heterocycles. The lowest BCUT2D eigenvalue weighted by atomic mass is 9.72. The average Bonchev–Trinajstić information content (AvgIpc) is 3.65. The van der Waals surface area contributed by atoms with E-state index in [1.165, 1.54) is 6.42 Å². The molecule has 7 rings (SSSR count). The number of ether oxygens (including phenoxy) is 1. The van der Waals surface area contributed by atoms with Crippen molar-refractivity contribution >= 4 is 40.4 Å². The lowest BCUT2D eigenvalue weighted by molar-refractivity contribution is -0.138. The molecular formula is C34H35N5O4S. The van der Waals surface area contributed by atoms with Gasteiger partial charge in [-0.25, -0.2) is 0 Å². The predicted molar refractivity (Wildman–Crippen MR) is 168 cm³/mol. The molecule has 0 radical (unpaired) electrons. The van der Waals surface area contributed by atoms with E-state index in [-0.39, 0.29) is 35.7 Å². The van der Waals surface area contributed by atoms with Crippen molar-refractivity contribution in [2.24, 2.45) is 5.41 Å². The van der Waals surface area contributed by atoms with Gasteiger partial charge in [-0.3, -0.25) is 19.4 Å². The summed E-state index contributed by atoms with van der Waals surface area (Å²) in [5.74, 6) is 0.597. The molecule has 2 aromatic carbocycles. The number of aromatic nitrogens is 2. The Morgan fingerprint density at radius 1 is 1.07 bits per heavy atom. The zero-order valence-electron chi connectivity index (χ0n) is 24.6. The zero-order valence-corrected chi connectivity index (χ0v) is 25.4. The summed E-state index contributed by atoms with van der Waals surface area (Å²) in [5, 5.41) is 6.92. The van der Waals surface area contributed by atoms with Crippen molar-refractivity contribution in [2.45, 2.75) is 67.3 Å². The van der Waals surface area contributed by atoms with Gasteiger partial charge in [-0.05, 0) is 74.1 Å². The summed E-state index contributed by atoms with van der Waals surface area (Å²) in [7, 11) is 0. The first-order valence-corrected chi connectivity index (χ1v) is 16.1. The van der Waals surface area contributed by atoms with Gasteiger partial charge in [0.1, 0.15) is 17.5 Å². The summed E-state index contributed by atoms with van der Waals surface area (Å²) in [6.45, 7) is 2.29. The molecule has 1 saturated carbocycles. The second-order valence-corrected chi connectivity index (χ2v) is 13.3. The van der Waals surface area contributed by atoms with Gasteiger partial charge in [0.2, 0.25) is 11.8 Å². The van der Waals surface area contributed by atoms with Crippen LogP contribution in [0, 0.1) is 5.41 Å². The van der Waals surface area contributed by atoms with Crippen molar-refractivity contribution in [2.75, 3.05) is 13.1 Å². The highest BCUT2D eigenvalue weighted by atomic mass is 32.2. The number of benzene rings is 2. The highest BCUT2D eigenvalue weighted by Crippen LogP contribution is 2.48. The number of aromatic amines is 1. The van der Waals surface area contributed by atoms with Crippen LogP contribution in [0.2, 0.25) is 0 Å². The Morgan fingerprint density at radius 3 is 2.73 bits per heavy atom. The van der Waals surface area contributed by atoms with E-state index in [0.717, 1.165) is 57.8 Å². The molecule has 226 valence electrons. The molecule has 2 atom stereocenters. The van der Waals surface area contributed by atoms with Crippen LogP contribution in [0.25, 0.3) is 10.9 Å². The maximum absolute atomic E-state index is 13.7. The van der Waals surface area contributed by atoms with Crippen LogP contribution in [0.1, 0.15) is 67.5 Å². The molecule has 0 bridgehead atoms. The third kappa shape index (κ3) is 5.54. The van der Waals surface area contributed by atoms with E-state index in [0.29, 0.717) is 24.3 Å². The first-order valence-electron chi connectivity index (χ1n) is 15.3. The molecule has 1 aliphatic carbocycles. The van der Waals surface area contributed by atoms with Crippen molar-refractivity contribution in [1.29, 1.82) is 0 Å². The van der Waals surface area contributed by atoms with Crippen LogP contribution >= 0.6 is 11.8 Å². The Labute approximate surface area is 260 Å². The van der Waals surface area contributed by atoms with Gasteiger partial charge < -0.3 is 25.3 Å². The van der Waals surface area contributed by atoms with E-state index in [4.69, 9.17) is 4.74 Å². The number of amides is 3. The Bertz CT molecular complexity index is 1710. The van der Waals surface area contributed by atoms with Crippen LogP contribution < -0.4 is 15.4 Å². The highest BCUT2D eigenvalue weighted by molar-refractivity contribution is 7.99. The molecule has 3 aliphatic rings. The molecular weight excluding hydrogens is 574 g/mol. The molecule has 44 heavy (non-hydrogen) atoms. The Hall–Kier alpha value is -4.31. The minimum atomic E-state index is -0.583. The van der Waals surface area contributed by atoms with E-state index in [1.807, 2.05) is 49.4 Å². The number of H-pyrrole nitrogens is 1. The quantitative estimate of drug-likeness (QED) is 0.218. The molecule has 4 aromatic rings. The molecule has 2 aromatic heterocycles. The van der Waals surface area contributed by atoms with Crippen LogP contribution in [0.5, 0.6) is 11.5 Å². The number of carbonyl (C=O) groups excluding carboxylic acids is 3. The van der Waals surface area contributed by atoms with Crippen LogP contribution in [-0.4, -0.2) is 51.7 Å². The van der Waals surface area contributed by atoms with Crippen molar-refractivity contribution in [3.8, 4) is 11.5 Å². The summed E-state index contributed by atoms with van der Waals surface area (Å²) in [6, 6.07) is 16.1. The monoisotopic (exact) mass is 609 g/mol. The summed E-state index contributed by atoms with van der Waals surface area (Å²) < 4.78 is 6.03. The summed E-state index contributed by atoms with van der Waals surface area (Å²) in [6.07, 6.45) is 9.57. The average molecular weight is 610 g/mol. The smallest absolute Gasteiger partial charge is 0.251 e. The fourth-order valence-corrected chi connectivity index (χ4v) is 7.79. The molecule has 1 spiro atoms. The van der Waals surface area contributed by atoms with E-state index < -0.39 is 6.04 Å². The third-order valence-corrected chi connectivity index (χ3v) is 10.3. The SMILES string of the molecule is C[C@@H](NC(=O)C1CC2(CCCCC2)CN1C(=O)CNC(=O)c1ccc2c(c1)Oc1ccccc1S2)c1cc2cnccc2[nH]1. The fourth-order valence-electron chi connectivity index (χ4n) is 6.86. The van der Waals surface area contributed by atoms with E-state index in [9.17, 15) is 14.4 Å². The first-order chi connectivity index (χ1) is 21.4. The molecule has 2 aliphatic heterocycles. The number of pyridine rings is 1. The fraction of sp³-hybridized carbons (Fsp3) is 0.353. The number of para-hydroxylation sites is 1. The Kier molecular flexibility index (Phi) is 7.53. The largest absolute Gasteiger partial charge is 0.455 e. The lowest BCUT2D eigenvalue weighted by Crippen LogP contribution is -2.49. The molecule has 1 unspecified atom stereocenters. The summed E-state index contributed by atoms with van der Waals surface area (Å²) in [5.41, 5.74) is 2.20. The maximum Gasteiger partial charge on any atom is 0.251 e. The molecule has 2 fully saturated rings. The topological polar surface area (TPSA) is 116 Å². The van der Waals surface area contributed by atoms with Crippen LogP contribution in [-0.2, 0) is 9.59 Å². The number of fused-ring (bicyclic) bond motifs is 3. The number of hydrogen-bond acceptors (Lipinski definition) is 6. The number of hydrogen-bond donors (Lipinski definition) is 3. The van der Waals surface area contributed by atoms with Crippen LogP contribution in [0.15, 0.2) is 76.8 Å². The molecule has 9 nitrogen and oxygen atoms in total. The van der Waals surface area contributed by atoms with Crippen LogP contribution in [0.3, 0.4) is 0 Å². The zero-order chi connectivity index (χ0) is 30.3. The van der Waals surface area contributed by atoms with Crippen molar-refractivity contribution in [1.82, 2.24) is 25.5 Å². The Balaban J connectivity index is 1.03. The van der Waals surface area contributed by atoms with Gasteiger partial charge in [0.05, 0.1) is 22.4 Å². The minimum Gasteiger partial charge on any atom is -0.455 e. The molecule has 3 N–H and O–H groups in total. The molecule has 10 heteroatoms. The van der Waals surface area contributed by atoms with Crippen molar-refractivity contribution in [3.63, 3.8) is 0 Å². The lowest BCUT2D eigenvalue weighted by Gasteiger charge is -2.33. The first kappa shape index (κ1) is 28.5. The minimum absolute atomic E-state index is 0.0558. The highest BCUT2D eigenvalue weighted by Gasteiger charge is 2.48. The van der Waals surface area contributed by atoms with Gasteiger partial charge in [-0.2, -0.15) is 0 Å². The van der Waals surface area contributed by atoms with Crippen molar-refractivity contribution in [3.05, 3.63) is 78.2 Å². The summed E-state index contributed by atoms with van der Waals surface area (Å²) in [4.78, 5) is 51.7. The van der Waals surface area contributed by atoms with E-state index >= 15 is 0 Å². The predicted octanol–water partition coefficient (Wildman–Crippen LogP) is 5.98. The summed E-state index contributed by atoms with van der Waals surface area (Å²) >= 11 is 1.59. The van der Waals surface area contributed by atoms with Gasteiger partial charge in [0, 0.05) is 41.1 Å². The maximum atomic E-state index is 13.7. The number of nitrogens with one attached hydrogen (secondary N) is 3. The molecule has 4 heterocycles. The van der Waals surface area contributed by atoms with Gasteiger partial charge in [-0.15, -0.1) is 0 Å². The van der Waals surface area contributed by atoms with Gasteiger partial charge in [-0.1, -0.05) is 43.2 Å². The number of rotatable bonds is 6. The number of nitrogens with zero attached hydrogens (tertiary/aromatic N) is 2. The van der Waals surface area contributed by atoms with Crippen LogP contribution in [0.4, 0.5) is 0 Å². The molecule has 3 amide bonds. The normalized spacial score (nSPS) is 19.1. The van der Waals surface area contributed by atoms with Crippen molar-refractivity contribution < 1.29 is 19.1 Å². The number of likely N-dealkylation sites (tertiary alicyclic amines) is 1. The van der Waals surface area contributed by atoms with E-state index in [2.05, 4.69) is 20.6 Å². The Morgan fingerprint density at radius 2 is 1.89 bits per heavy atom. The second kappa shape index (κ2) is 11.6. The van der Waals surface area contributed by atoms with Gasteiger partial charge in [0.15, 0.2) is 0 Å².